The summed E-state index contributed by atoms with van der Waals surface area (Å²) >= 11 is 0. The second kappa shape index (κ2) is 7.67. The lowest BCUT2D eigenvalue weighted by Gasteiger charge is -2.33. The van der Waals surface area contributed by atoms with Crippen molar-refractivity contribution in [3.8, 4) is 0 Å². The van der Waals surface area contributed by atoms with E-state index in [-0.39, 0.29) is 17.2 Å². The van der Waals surface area contributed by atoms with Crippen LogP contribution < -0.4 is 4.72 Å². The molecule has 0 spiro atoms. The summed E-state index contributed by atoms with van der Waals surface area (Å²) in [5, 5.41) is 0. The van der Waals surface area contributed by atoms with Gasteiger partial charge < -0.3 is 4.90 Å². The van der Waals surface area contributed by atoms with Gasteiger partial charge in [-0.1, -0.05) is 6.92 Å². The van der Waals surface area contributed by atoms with Gasteiger partial charge in [0.1, 0.15) is 4.90 Å². The monoisotopic (exact) mass is 362 g/mol. The maximum atomic E-state index is 12.3. The van der Waals surface area contributed by atoms with Crippen LogP contribution in [0.25, 0.3) is 0 Å². The van der Waals surface area contributed by atoms with Crippen LogP contribution in [0.15, 0.2) is 29.4 Å². The van der Waals surface area contributed by atoms with Crippen LogP contribution in [0.3, 0.4) is 0 Å². The molecule has 0 bridgehead atoms. The molecule has 1 fully saturated rings. The third kappa shape index (κ3) is 4.95. The minimum atomic E-state index is -3.73. The highest BCUT2D eigenvalue weighted by Gasteiger charge is 2.26. The highest BCUT2D eigenvalue weighted by Crippen LogP contribution is 2.09. The number of nitrogens with one attached hydrogen (secondary N) is 1. The number of piperazine rings is 1. The molecule has 1 aliphatic heterocycles. The molecule has 2 heterocycles. The number of nitrogens with zero attached hydrogens (tertiary/aromatic N) is 3. The average Bonchev–Trinajstić information content (AvgIpc) is 2.55. The molecule has 10 heteroatoms. The Hall–Kier alpha value is -1.07. The van der Waals surface area contributed by atoms with Crippen LogP contribution in [-0.4, -0.2) is 76.0 Å². The fourth-order valence-electron chi connectivity index (χ4n) is 2.35. The van der Waals surface area contributed by atoms with E-state index in [9.17, 15) is 16.8 Å². The molecule has 8 nitrogen and oxygen atoms in total. The smallest absolute Gasteiger partial charge is 0.242 e. The SMILES string of the molecule is CCN1CCN(S(=O)(=O)CCNS(=O)(=O)c2cccnc2)CC1. The molecule has 0 atom stereocenters. The van der Waals surface area contributed by atoms with E-state index in [0.717, 1.165) is 6.54 Å². The van der Waals surface area contributed by atoms with Gasteiger partial charge in [-0.05, 0) is 18.7 Å². The van der Waals surface area contributed by atoms with Crippen LogP contribution in [-0.2, 0) is 20.0 Å². The number of pyridine rings is 1. The Labute approximate surface area is 137 Å². The highest BCUT2D eigenvalue weighted by molar-refractivity contribution is 7.90. The molecule has 1 saturated heterocycles. The fraction of sp³-hybridized carbons (Fsp3) is 0.615. The van der Waals surface area contributed by atoms with Gasteiger partial charge in [0.25, 0.3) is 0 Å². The lowest BCUT2D eigenvalue weighted by Crippen LogP contribution is -2.49. The van der Waals surface area contributed by atoms with E-state index >= 15 is 0 Å². The van der Waals surface area contributed by atoms with Gasteiger partial charge in [0.2, 0.25) is 20.0 Å². The number of hydrogen-bond acceptors (Lipinski definition) is 6. The summed E-state index contributed by atoms with van der Waals surface area (Å²) in [6.07, 6.45) is 2.69. The third-order valence-electron chi connectivity index (χ3n) is 3.77. The quantitative estimate of drug-likeness (QED) is 0.690. The molecular formula is C13H22N4O4S2. The van der Waals surface area contributed by atoms with Crippen molar-refractivity contribution in [1.29, 1.82) is 0 Å². The normalized spacial score (nSPS) is 18.1. The van der Waals surface area contributed by atoms with Gasteiger partial charge >= 0.3 is 0 Å². The van der Waals surface area contributed by atoms with E-state index in [0.29, 0.717) is 26.2 Å². The molecule has 1 aromatic heterocycles. The van der Waals surface area contributed by atoms with Gasteiger partial charge in [0.15, 0.2) is 0 Å². The maximum absolute atomic E-state index is 12.3. The Balaban J connectivity index is 1.88. The van der Waals surface area contributed by atoms with Crippen molar-refractivity contribution in [2.24, 2.45) is 0 Å². The summed E-state index contributed by atoms with van der Waals surface area (Å²) in [6.45, 7) is 5.09. The maximum Gasteiger partial charge on any atom is 0.242 e. The minimum absolute atomic E-state index is 0.0222. The van der Waals surface area contributed by atoms with Crippen LogP contribution in [0.2, 0.25) is 0 Å². The highest BCUT2D eigenvalue weighted by atomic mass is 32.2. The molecule has 1 aliphatic rings. The molecule has 23 heavy (non-hydrogen) atoms. The minimum Gasteiger partial charge on any atom is -0.301 e. The van der Waals surface area contributed by atoms with Crippen LogP contribution in [0, 0.1) is 0 Å². The van der Waals surface area contributed by atoms with E-state index in [1.807, 2.05) is 6.92 Å². The van der Waals surface area contributed by atoms with E-state index in [1.165, 1.54) is 28.8 Å². The number of rotatable bonds is 7. The summed E-state index contributed by atoms with van der Waals surface area (Å²) in [5.41, 5.74) is 0. The van der Waals surface area contributed by atoms with E-state index in [4.69, 9.17) is 0 Å². The number of aromatic nitrogens is 1. The van der Waals surface area contributed by atoms with Crippen molar-refractivity contribution in [3.05, 3.63) is 24.5 Å². The van der Waals surface area contributed by atoms with E-state index in [1.54, 1.807) is 0 Å². The summed E-state index contributed by atoms with van der Waals surface area (Å²) < 4.78 is 52.3. The summed E-state index contributed by atoms with van der Waals surface area (Å²) in [6, 6.07) is 2.92. The van der Waals surface area contributed by atoms with Crippen molar-refractivity contribution >= 4 is 20.0 Å². The van der Waals surface area contributed by atoms with Gasteiger partial charge in [-0.3, -0.25) is 4.98 Å². The topological polar surface area (TPSA) is 99.7 Å². The lowest BCUT2D eigenvalue weighted by molar-refractivity contribution is 0.196. The standard InChI is InChI=1S/C13H22N4O4S2/c1-2-16-7-9-17(10-8-16)22(18,19)11-6-15-23(20,21)13-4-3-5-14-12-13/h3-5,12,15H,2,6-11H2,1H3. The molecule has 2 rings (SSSR count). The first-order valence-electron chi connectivity index (χ1n) is 7.45. The molecule has 0 amide bonds. The fourth-order valence-corrected chi connectivity index (χ4v) is 4.81. The van der Waals surface area contributed by atoms with Crippen molar-refractivity contribution in [1.82, 2.24) is 18.9 Å². The lowest BCUT2D eigenvalue weighted by atomic mass is 10.4. The first kappa shape index (κ1) is 18.3. The van der Waals surface area contributed by atoms with Gasteiger partial charge in [-0.15, -0.1) is 0 Å². The molecular weight excluding hydrogens is 340 g/mol. The Kier molecular flexibility index (Phi) is 6.09. The predicted molar refractivity (Wildman–Crippen MR) is 86.9 cm³/mol. The van der Waals surface area contributed by atoms with Crippen LogP contribution in [0.4, 0.5) is 0 Å². The van der Waals surface area contributed by atoms with Gasteiger partial charge in [0.05, 0.1) is 5.75 Å². The Bertz CT molecular complexity index is 699. The number of sulfonamides is 2. The zero-order valence-corrected chi connectivity index (χ0v) is 14.7. The Morgan fingerprint density at radius 3 is 2.43 bits per heavy atom. The number of likely N-dealkylation sites (N-methyl/N-ethyl adjacent to an activating group) is 1. The zero-order valence-electron chi connectivity index (χ0n) is 13.1. The Morgan fingerprint density at radius 2 is 1.87 bits per heavy atom. The van der Waals surface area contributed by atoms with Gasteiger partial charge in [-0.25, -0.2) is 21.6 Å². The van der Waals surface area contributed by atoms with Crippen LogP contribution in [0.1, 0.15) is 6.92 Å². The molecule has 0 aliphatic carbocycles. The van der Waals surface area contributed by atoms with Crippen molar-refractivity contribution < 1.29 is 16.8 Å². The summed E-state index contributed by atoms with van der Waals surface area (Å²) in [5.74, 6) is -0.251. The van der Waals surface area contributed by atoms with Crippen LogP contribution in [0.5, 0.6) is 0 Å². The largest absolute Gasteiger partial charge is 0.301 e. The molecule has 1 aromatic rings. The molecule has 0 saturated carbocycles. The van der Waals surface area contributed by atoms with Crippen molar-refractivity contribution in [2.75, 3.05) is 45.0 Å². The summed E-state index contributed by atoms with van der Waals surface area (Å²) in [4.78, 5) is 5.95. The van der Waals surface area contributed by atoms with Crippen LogP contribution >= 0.6 is 0 Å². The summed E-state index contributed by atoms with van der Waals surface area (Å²) in [7, 11) is -7.19. The molecule has 0 radical (unpaired) electrons. The third-order valence-corrected chi connectivity index (χ3v) is 7.09. The predicted octanol–water partition coefficient (Wildman–Crippen LogP) is -0.673. The van der Waals surface area contributed by atoms with Gasteiger partial charge in [-0.2, -0.15) is 4.31 Å². The average molecular weight is 362 g/mol. The van der Waals surface area contributed by atoms with E-state index in [2.05, 4.69) is 14.6 Å². The molecule has 1 N–H and O–H groups in total. The Morgan fingerprint density at radius 1 is 1.17 bits per heavy atom. The van der Waals surface area contributed by atoms with E-state index < -0.39 is 20.0 Å². The molecule has 0 aromatic carbocycles. The first-order valence-corrected chi connectivity index (χ1v) is 10.5. The van der Waals surface area contributed by atoms with Crippen molar-refractivity contribution in [3.63, 3.8) is 0 Å². The molecule has 130 valence electrons. The number of hydrogen-bond donors (Lipinski definition) is 1. The second-order valence-electron chi connectivity index (χ2n) is 5.24. The van der Waals surface area contributed by atoms with Gasteiger partial charge in [0, 0.05) is 45.1 Å². The second-order valence-corrected chi connectivity index (χ2v) is 9.09. The van der Waals surface area contributed by atoms with Crippen molar-refractivity contribution in [2.45, 2.75) is 11.8 Å². The first-order chi connectivity index (χ1) is 10.8. The zero-order chi connectivity index (χ0) is 16.9. The molecule has 0 unspecified atom stereocenters.